The van der Waals surface area contributed by atoms with Gasteiger partial charge in [0.1, 0.15) is 0 Å². The summed E-state index contributed by atoms with van der Waals surface area (Å²) in [5.74, 6) is 0.409. The number of ether oxygens (including phenoxy) is 1. The first-order chi connectivity index (χ1) is 8.65. The molecule has 1 aliphatic rings. The van der Waals surface area contributed by atoms with Crippen LogP contribution in [0.4, 0.5) is 0 Å². The monoisotopic (exact) mass is 253 g/mol. The Morgan fingerprint density at radius 2 is 2.50 bits per heavy atom. The van der Waals surface area contributed by atoms with E-state index in [0.717, 1.165) is 26.1 Å². The van der Waals surface area contributed by atoms with Crippen LogP contribution in [-0.4, -0.2) is 60.7 Å². The van der Waals surface area contributed by atoms with Crippen LogP contribution in [0.15, 0.2) is 10.6 Å². The maximum atomic E-state index is 12.2. The average Bonchev–Trinajstić information content (AvgIpc) is 3.05. The van der Waals surface area contributed by atoms with E-state index >= 15 is 0 Å². The Morgan fingerprint density at radius 1 is 1.72 bits per heavy atom. The molecular formula is C12H19N3O3. The van der Waals surface area contributed by atoms with E-state index < -0.39 is 0 Å². The first kappa shape index (κ1) is 12.9. The van der Waals surface area contributed by atoms with Crippen LogP contribution in [-0.2, 0) is 0 Å². The maximum Gasteiger partial charge on any atom is 0.292 e. The number of carbonyl (C=O) groups is 1. The first-order valence-corrected chi connectivity index (χ1v) is 6.16. The summed E-state index contributed by atoms with van der Waals surface area (Å²) >= 11 is 0. The van der Waals surface area contributed by atoms with Crippen LogP contribution in [0, 0.1) is 0 Å². The summed E-state index contributed by atoms with van der Waals surface area (Å²) in [6.45, 7) is 5.11. The summed E-state index contributed by atoms with van der Waals surface area (Å²) in [5, 5.41) is 3.64. The summed E-state index contributed by atoms with van der Waals surface area (Å²) in [6.07, 6.45) is 1.00. The molecule has 0 unspecified atom stereocenters. The lowest BCUT2D eigenvalue weighted by Crippen LogP contribution is -2.38. The molecule has 0 spiro atoms. The van der Waals surface area contributed by atoms with Gasteiger partial charge in [-0.15, -0.1) is 0 Å². The molecule has 1 atom stereocenters. The second-order valence-electron chi connectivity index (χ2n) is 4.49. The van der Waals surface area contributed by atoms with Crippen molar-refractivity contribution in [3.8, 4) is 5.88 Å². The largest absolute Gasteiger partial charge is 0.479 e. The second kappa shape index (κ2) is 5.39. The third-order valence-corrected chi connectivity index (χ3v) is 3.47. The Hall–Kier alpha value is -1.56. The number of likely N-dealkylation sites (tertiary alicyclic amines) is 1. The SMILES string of the molecule is CCN1CC[C@@H](N(C)C(=O)c2cc(OC)no2)C1. The number of rotatable bonds is 4. The Bertz CT molecular complexity index is 418. The van der Waals surface area contributed by atoms with Gasteiger partial charge in [-0.05, 0) is 18.1 Å². The van der Waals surface area contributed by atoms with Gasteiger partial charge in [-0.2, -0.15) is 0 Å². The zero-order valence-corrected chi connectivity index (χ0v) is 11.0. The molecule has 100 valence electrons. The van der Waals surface area contributed by atoms with Crippen molar-refractivity contribution in [1.29, 1.82) is 0 Å². The predicted molar refractivity (Wildman–Crippen MR) is 65.7 cm³/mol. The van der Waals surface area contributed by atoms with Crippen LogP contribution in [0.3, 0.4) is 0 Å². The lowest BCUT2D eigenvalue weighted by atomic mass is 10.2. The van der Waals surface area contributed by atoms with E-state index in [4.69, 9.17) is 9.26 Å². The number of hydrogen-bond acceptors (Lipinski definition) is 5. The fourth-order valence-corrected chi connectivity index (χ4v) is 2.21. The molecule has 1 fully saturated rings. The highest BCUT2D eigenvalue weighted by Gasteiger charge is 2.29. The maximum absolute atomic E-state index is 12.2. The summed E-state index contributed by atoms with van der Waals surface area (Å²) in [7, 11) is 3.30. The lowest BCUT2D eigenvalue weighted by molar-refractivity contribution is 0.0693. The lowest BCUT2D eigenvalue weighted by Gasteiger charge is -2.23. The zero-order chi connectivity index (χ0) is 13.1. The number of nitrogens with zero attached hydrogens (tertiary/aromatic N) is 3. The molecule has 0 aromatic carbocycles. The van der Waals surface area contributed by atoms with Crippen molar-refractivity contribution >= 4 is 5.91 Å². The van der Waals surface area contributed by atoms with Crippen molar-refractivity contribution in [2.75, 3.05) is 33.8 Å². The molecule has 1 aromatic heterocycles. The number of aromatic nitrogens is 1. The Kier molecular flexibility index (Phi) is 3.86. The normalized spacial score (nSPS) is 20.1. The Labute approximate surface area is 106 Å². The number of likely N-dealkylation sites (N-methyl/N-ethyl adjacent to an activating group) is 2. The second-order valence-corrected chi connectivity index (χ2v) is 4.49. The van der Waals surface area contributed by atoms with Crippen molar-refractivity contribution in [2.45, 2.75) is 19.4 Å². The third-order valence-electron chi connectivity index (χ3n) is 3.47. The summed E-state index contributed by atoms with van der Waals surface area (Å²) in [5.41, 5.74) is 0. The van der Waals surface area contributed by atoms with Gasteiger partial charge in [0.05, 0.1) is 13.2 Å². The van der Waals surface area contributed by atoms with Crippen molar-refractivity contribution in [3.05, 3.63) is 11.8 Å². The highest BCUT2D eigenvalue weighted by Crippen LogP contribution is 2.18. The molecule has 1 aromatic rings. The number of carbonyl (C=O) groups excluding carboxylic acids is 1. The summed E-state index contributed by atoms with van der Waals surface area (Å²) in [6, 6.07) is 1.76. The van der Waals surface area contributed by atoms with E-state index in [1.54, 1.807) is 11.9 Å². The van der Waals surface area contributed by atoms with E-state index in [1.165, 1.54) is 13.2 Å². The van der Waals surface area contributed by atoms with Crippen LogP contribution < -0.4 is 4.74 Å². The van der Waals surface area contributed by atoms with Gasteiger partial charge in [-0.25, -0.2) is 0 Å². The third kappa shape index (κ3) is 2.48. The zero-order valence-electron chi connectivity index (χ0n) is 11.0. The van der Waals surface area contributed by atoms with Gasteiger partial charge in [0.2, 0.25) is 5.76 Å². The van der Waals surface area contributed by atoms with Gasteiger partial charge < -0.3 is 19.1 Å². The minimum absolute atomic E-state index is 0.145. The van der Waals surface area contributed by atoms with Crippen molar-refractivity contribution < 1.29 is 14.1 Å². The van der Waals surface area contributed by atoms with E-state index in [0.29, 0.717) is 5.88 Å². The van der Waals surface area contributed by atoms with Gasteiger partial charge in [0.25, 0.3) is 11.8 Å². The van der Waals surface area contributed by atoms with E-state index in [2.05, 4.69) is 17.0 Å². The molecule has 1 amide bonds. The summed E-state index contributed by atoms with van der Waals surface area (Å²) < 4.78 is 9.87. The number of amides is 1. The van der Waals surface area contributed by atoms with Gasteiger partial charge in [0, 0.05) is 26.2 Å². The molecule has 18 heavy (non-hydrogen) atoms. The minimum Gasteiger partial charge on any atom is -0.479 e. The van der Waals surface area contributed by atoms with Crippen molar-refractivity contribution in [3.63, 3.8) is 0 Å². The van der Waals surface area contributed by atoms with Gasteiger partial charge in [-0.1, -0.05) is 6.92 Å². The highest BCUT2D eigenvalue weighted by atomic mass is 16.5. The standard InChI is InChI=1S/C12H19N3O3/c1-4-15-6-5-9(8-15)14(2)12(16)10-7-11(17-3)13-18-10/h7,9H,4-6,8H2,1-3H3/t9-/m1/s1. The first-order valence-electron chi connectivity index (χ1n) is 6.16. The topological polar surface area (TPSA) is 58.8 Å². The van der Waals surface area contributed by atoms with Gasteiger partial charge >= 0.3 is 0 Å². The van der Waals surface area contributed by atoms with Gasteiger partial charge in [-0.3, -0.25) is 4.79 Å². The molecule has 6 heteroatoms. The molecule has 1 saturated heterocycles. The summed E-state index contributed by atoms with van der Waals surface area (Å²) in [4.78, 5) is 16.2. The predicted octanol–water partition coefficient (Wildman–Crippen LogP) is 0.849. The van der Waals surface area contributed by atoms with Crippen molar-refractivity contribution in [2.24, 2.45) is 0 Å². The van der Waals surface area contributed by atoms with Crippen LogP contribution in [0.5, 0.6) is 5.88 Å². The molecular weight excluding hydrogens is 234 g/mol. The average molecular weight is 253 g/mol. The number of methoxy groups -OCH3 is 1. The molecule has 1 aliphatic heterocycles. The molecule has 0 radical (unpaired) electrons. The molecule has 6 nitrogen and oxygen atoms in total. The smallest absolute Gasteiger partial charge is 0.292 e. The number of hydrogen-bond donors (Lipinski definition) is 0. The van der Waals surface area contributed by atoms with E-state index in [-0.39, 0.29) is 17.7 Å². The fourth-order valence-electron chi connectivity index (χ4n) is 2.21. The fraction of sp³-hybridized carbons (Fsp3) is 0.667. The van der Waals surface area contributed by atoms with E-state index in [1.807, 2.05) is 0 Å². The van der Waals surface area contributed by atoms with Crippen LogP contribution >= 0.6 is 0 Å². The molecule has 0 aliphatic carbocycles. The van der Waals surface area contributed by atoms with Crippen LogP contribution in [0.25, 0.3) is 0 Å². The molecule has 0 N–H and O–H groups in total. The molecule has 2 rings (SSSR count). The molecule has 0 saturated carbocycles. The van der Waals surface area contributed by atoms with E-state index in [9.17, 15) is 4.79 Å². The Morgan fingerprint density at radius 3 is 3.06 bits per heavy atom. The van der Waals surface area contributed by atoms with Crippen LogP contribution in [0.1, 0.15) is 23.9 Å². The minimum atomic E-state index is -0.145. The Balaban J connectivity index is 2.00. The molecule has 2 heterocycles. The highest BCUT2D eigenvalue weighted by molar-refractivity contribution is 5.91. The van der Waals surface area contributed by atoms with Crippen LogP contribution in [0.2, 0.25) is 0 Å². The van der Waals surface area contributed by atoms with Crippen molar-refractivity contribution in [1.82, 2.24) is 15.0 Å². The quantitative estimate of drug-likeness (QED) is 0.796. The molecule has 0 bridgehead atoms. The van der Waals surface area contributed by atoms with Gasteiger partial charge in [0.15, 0.2) is 0 Å².